The van der Waals surface area contributed by atoms with Gasteiger partial charge in [-0.2, -0.15) is 5.10 Å². The summed E-state index contributed by atoms with van der Waals surface area (Å²) in [6, 6.07) is 9.13. The summed E-state index contributed by atoms with van der Waals surface area (Å²) in [5, 5.41) is 8.23. The van der Waals surface area contributed by atoms with Gasteiger partial charge in [0, 0.05) is 28.6 Å². The SMILES string of the molecule is Cc1nc(C)n(C(C)Cc2cc(=O)n3[nH]c(-c4cccc(Cl)c4)c(C)c3n2)n1. The largest absolute Gasteiger partial charge is 0.289 e. The number of H-pyrrole nitrogens is 1. The van der Waals surface area contributed by atoms with Crippen LogP contribution in [0.15, 0.2) is 35.1 Å². The van der Waals surface area contributed by atoms with Crippen molar-refractivity contribution < 1.29 is 0 Å². The lowest BCUT2D eigenvalue weighted by Gasteiger charge is -2.12. The van der Waals surface area contributed by atoms with Gasteiger partial charge >= 0.3 is 0 Å². The molecule has 7 nitrogen and oxygen atoms in total. The van der Waals surface area contributed by atoms with E-state index in [2.05, 4.69) is 15.2 Å². The highest BCUT2D eigenvalue weighted by Crippen LogP contribution is 2.26. The topological polar surface area (TPSA) is 80.9 Å². The van der Waals surface area contributed by atoms with Crippen molar-refractivity contribution in [2.24, 2.45) is 0 Å². The van der Waals surface area contributed by atoms with Gasteiger partial charge in [-0.3, -0.25) is 9.89 Å². The Hall–Kier alpha value is -2.93. The highest BCUT2D eigenvalue weighted by atomic mass is 35.5. The highest BCUT2D eigenvalue weighted by molar-refractivity contribution is 6.30. The molecule has 0 spiro atoms. The molecule has 0 aliphatic heterocycles. The molecule has 0 amide bonds. The van der Waals surface area contributed by atoms with Crippen LogP contribution in [0.5, 0.6) is 0 Å². The number of aromatic amines is 1. The molecule has 0 bridgehead atoms. The molecule has 0 saturated heterocycles. The first-order valence-electron chi connectivity index (χ1n) is 9.10. The van der Waals surface area contributed by atoms with Gasteiger partial charge in [-0.25, -0.2) is 19.2 Å². The van der Waals surface area contributed by atoms with Crippen LogP contribution in [0.4, 0.5) is 0 Å². The number of aromatic nitrogens is 6. The maximum absolute atomic E-state index is 12.7. The third-order valence-electron chi connectivity index (χ3n) is 4.85. The Morgan fingerprint density at radius 3 is 2.64 bits per heavy atom. The van der Waals surface area contributed by atoms with E-state index in [1.54, 1.807) is 6.07 Å². The minimum absolute atomic E-state index is 0.0437. The van der Waals surface area contributed by atoms with Crippen LogP contribution >= 0.6 is 11.6 Å². The Bertz CT molecular complexity index is 1240. The minimum atomic E-state index is -0.143. The number of halogens is 1. The fraction of sp³-hybridized carbons (Fsp3) is 0.300. The fourth-order valence-corrected chi connectivity index (χ4v) is 3.76. The van der Waals surface area contributed by atoms with Gasteiger partial charge in [0.25, 0.3) is 5.56 Å². The summed E-state index contributed by atoms with van der Waals surface area (Å²) in [6.45, 7) is 7.79. The molecule has 3 aromatic heterocycles. The average molecular weight is 397 g/mol. The minimum Gasteiger partial charge on any atom is -0.289 e. The van der Waals surface area contributed by atoms with E-state index in [1.165, 1.54) is 4.52 Å². The third kappa shape index (κ3) is 3.22. The lowest BCUT2D eigenvalue weighted by molar-refractivity contribution is 0.469. The molecule has 4 rings (SSSR count). The van der Waals surface area contributed by atoms with Gasteiger partial charge in [-0.15, -0.1) is 0 Å². The average Bonchev–Trinajstić information content (AvgIpc) is 3.15. The molecule has 28 heavy (non-hydrogen) atoms. The summed E-state index contributed by atoms with van der Waals surface area (Å²) in [5.74, 6) is 1.59. The lowest BCUT2D eigenvalue weighted by Crippen LogP contribution is -2.18. The van der Waals surface area contributed by atoms with Crippen molar-refractivity contribution in [1.82, 2.24) is 29.4 Å². The third-order valence-corrected chi connectivity index (χ3v) is 5.08. The standard InChI is InChI=1S/C20H21ClN6O/c1-11(26-14(4)22-13(3)24-26)8-17-10-18(28)27-20(23-17)12(2)19(25-27)15-6-5-7-16(21)9-15/h5-7,9-11,25H,8H2,1-4H3. The van der Waals surface area contributed by atoms with E-state index >= 15 is 0 Å². The number of hydrogen-bond donors (Lipinski definition) is 1. The highest BCUT2D eigenvalue weighted by Gasteiger charge is 2.17. The maximum atomic E-state index is 12.7. The lowest BCUT2D eigenvalue weighted by atomic mass is 10.1. The normalized spacial score (nSPS) is 12.6. The maximum Gasteiger partial charge on any atom is 0.272 e. The van der Waals surface area contributed by atoms with Crippen LogP contribution in [0.3, 0.4) is 0 Å². The zero-order chi connectivity index (χ0) is 20.0. The number of fused-ring (bicyclic) bond motifs is 1. The van der Waals surface area contributed by atoms with Gasteiger partial charge in [0.15, 0.2) is 5.65 Å². The zero-order valence-corrected chi connectivity index (χ0v) is 16.9. The van der Waals surface area contributed by atoms with Gasteiger partial charge in [0.1, 0.15) is 11.6 Å². The summed E-state index contributed by atoms with van der Waals surface area (Å²) in [7, 11) is 0. The monoisotopic (exact) mass is 396 g/mol. The van der Waals surface area contributed by atoms with E-state index in [-0.39, 0.29) is 11.6 Å². The molecule has 1 unspecified atom stereocenters. The van der Waals surface area contributed by atoms with Crippen LogP contribution in [0.25, 0.3) is 16.9 Å². The molecule has 0 aliphatic carbocycles. The van der Waals surface area contributed by atoms with Gasteiger partial charge in [0.2, 0.25) is 0 Å². The predicted octanol–water partition coefficient (Wildman–Crippen LogP) is 3.66. The van der Waals surface area contributed by atoms with Crippen molar-refractivity contribution in [3.8, 4) is 11.3 Å². The van der Waals surface area contributed by atoms with Crippen molar-refractivity contribution in [3.63, 3.8) is 0 Å². The van der Waals surface area contributed by atoms with E-state index < -0.39 is 0 Å². The smallest absolute Gasteiger partial charge is 0.272 e. The second-order valence-corrected chi connectivity index (χ2v) is 7.51. The van der Waals surface area contributed by atoms with Gasteiger partial charge in [-0.1, -0.05) is 23.7 Å². The van der Waals surface area contributed by atoms with Crippen LogP contribution < -0.4 is 5.56 Å². The van der Waals surface area contributed by atoms with Gasteiger partial charge < -0.3 is 0 Å². The van der Waals surface area contributed by atoms with Crippen LogP contribution in [-0.2, 0) is 6.42 Å². The number of aryl methyl sites for hydroxylation is 3. The van der Waals surface area contributed by atoms with Crippen molar-refractivity contribution in [2.75, 3.05) is 0 Å². The Labute approximate surface area is 167 Å². The van der Waals surface area contributed by atoms with Crippen LogP contribution in [-0.4, -0.2) is 29.4 Å². The van der Waals surface area contributed by atoms with Crippen LogP contribution in [0, 0.1) is 20.8 Å². The molecule has 1 N–H and O–H groups in total. The zero-order valence-electron chi connectivity index (χ0n) is 16.2. The summed E-state index contributed by atoms with van der Waals surface area (Å²) >= 11 is 6.12. The number of hydrogen-bond acceptors (Lipinski definition) is 4. The Morgan fingerprint density at radius 1 is 1.18 bits per heavy atom. The fourth-order valence-electron chi connectivity index (χ4n) is 3.57. The number of nitrogens with zero attached hydrogens (tertiary/aromatic N) is 5. The summed E-state index contributed by atoms with van der Waals surface area (Å²) in [5.41, 5.74) is 3.86. The first-order valence-corrected chi connectivity index (χ1v) is 9.48. The number of rotatable bonds is 4. The second-order valence-electron chi connectivity index (χ2n) is 7.07. The molecule has 4 aromatic rings. The molecule has 0 saturated carbocycles. The molecule has 144 valence electrons. The molecule has 8 heteroatoms. The van der Waals surface area contributed by atoms with Gasteiger partial charge in [-0.05, 0) is 39.8 Å². The quantitative estimate of drug-likeness (QED) is 0.570. The van der Waals surface area contributed by atoms with E-state index in [1.807, 2.05) is 56.6 Å². The van der Waals surface area contributed by atoms with E-state index in [0.29, 0.717) is 17.1 Å². The summed E-state index contributed by atoms with van der Waals surface area (Å²) < 4.78 is 3.35. The molecular weight excluding hydrogens is 376 g/mol. The molecule has 1 aromatic carbocycles. The molecule has 0 fully saturated rings. The first-order chi connectivity index (χ1) is 13.3. The number of nitrogens with one attached hydrogen (secondary N) is 1. The van der Waals surface area contributed by atoms with Crippen molar-refractivity contribution in [2.45, 2.75) is 40.2 Å². The molecule has 0 aliphatic rings. The van der Waals surface area contributed by atoms with Crippen molar-refractivity contribution in [3.05, 3.63) is 68.6 Å². The van der Waals surface area contributed by atoms with Crippen molar-refractivity contribution >= 4 is 17.2 Å². The van der Waals surface area contributed by atoms with E-state index in [4.69, 9.17) is 16.6 Å². The van der Waals surface area contributed by atoms with Gasteiger partial charge in [0.05, 0.1) is 17.4 Å². The van der Waals surface area contributed by atoms with E-state index in [9.17, 15) is 4.79 Å². The molecular formula is C20H21ClN6O. The van der Waals surface area contributed by atoms with Crippen LogP contribution in [0.1, 0.15) is 35.9 Å². The van der Waals surface area contributed by atoms with Crippen LogP contribution in [0.2, 0.25) is 5.02 Å². The predicted molar refractivity (Wildman–Crippen MR) is 109 cm³/mol. The first kappa shape index (κ1) is 18.4. The van der Waals surface area contributed by atoms with E-state index in [0.717, 1.165) is 34.2 Å². The molecule has 1 atom stereocenters. The molecule has 3 heterocycles. The number of benzene rings is 1. The molecule has 0 radical (unpaired) electrons. The summed E-state index contributed by atoms with van der Waals surface area (Å²) in [4.78, 5) is 21.8. The Kier molecular flexibility index (Phi) is 4.55. The Morgan fingerprint density at radius 2 is 1.96 bits per heavy atom. The summed E-state index contributed by atoms with van der Waals surface area (Å²) in [6.07, 6.45) is 0.590. The Balaban J connectivity index is 1.75. The van der Waals surface area contributed by atoms with Crippen molar-refractivity contribution in [1.29, 1.82) is 0 Å². The second kappa shape index (κ2) is 6.91.